The minimum absolute atomic E-state index is 0.431. The third kappa shape index (κ3) is 2.30. The molecule has 0 spiro atoms. The van der Waals surface area contributed by atoms with E-state index in [1.165, 1.54) is 0 Å². The van der Waals surface area contributed by atoms with Gasteiger partial charge in [0.05, 0.1) is 24.2 Å². The molecule has 0 fully saturated rings. The molecule has 0 aliphatic heterocycles. The molecule has 0 saturated heterocycles. The molecular formula is C16H16N2O2. The average molecular weight is 268 g/mol. The molecule has 2 rings (SSSR count). The number of carbonyl (C=O) groups is 1. The predicted octanol–water partition coefficient (Wildman–Crippen LogP) is 2.16. The number of carbonyl (C=O) groups excluding carboxylic acids is 1. The smallest absolute Gasteiger partial charge is 0.244 e. The van der Waals surface area contributed by atoms with Gasteiger partial charge in [0.25, 0.3) is 0 Å². The van der Waals surface area contributed by atoms with Gasteiger partial charge in [0, 0.05) is 5.57 Å². The Bertz CT molecular complexity index is 653. The highest BCUT2D eigenvalue weighted by atomic mass is 16.5. The summed E-state index contributed by atoms with van der Waals surface area (Å²) >= 11 is 0. The van der Waals surface area contributed by atoms with Crippen LogP contribution >= 0.6 is 0 Å². The first-order valence-corrected chi connectivity index (χ1v) is 6.27. The number of allylic oxidation sites excluding steroid dienone is 3. The highest BCUT2D eigenvalue weighted by molar-refractivity contribution is 5.93. The van der Waals surface area contributed by atoms with Gasteiger partial charge < -0.3 is 10.5 Å². The number of nitrogens with zero attached hydrogens (tertiary/aromatic N) is 1. The minimum atomic E-state index is -0.499. The fourth-order valence-electron chi connectivity index (χ4n) is 2.53. The third-order valence-electron chi connectivity index (χ3n) is 3.69. The number of amides is 1. The van der Waals surface area contributed by atoms with E-state index in [1.807, 2.05) is 25.1 Å². The van der Waals surface area contributed by atoms with Gasteiger partial charge in [-0.2, -0.15) is 5.26 Å². The molecule has 1 aliphatic carbocycles. The Morgan fingerprint density at radius 3 is 2.80 bits per heavy atom. The summed E-state index contributed by atoms with van der Waals surface area (Å²) in [5.74, 6) is 0.316. The van der Waals surface area contributed by atoms with Crippen molar-refractivity contribution in [3.63, 3.8) is 0 Å². The number of ether oxygens (including phenoxy) is 1. The van der Waals surface area contributed by atoms with Crippen LogP contribution in [0.1, 0.15) is 24.5 Å². The number of primary amides is 1. The van der Waals surface area contributed by atoms with E-state index in [0.29, 0.717) is 17.6 Å². The molecule has 0 heterocycles. The van der Waals surface area contributed by atoms with Crippen molar-refractivity contribution < 1.29 is 9.53 Å². The van der Waals surface area contributed by atoms with Crippen LogP contribution < -0.4 is 5.73 Å². The second-order valence-corrected chi connectivity index (χ2v) is 4.99. The fourth-order valence-corrected chi connectivity index (χ4v) is 2.53. The first-order valence-electron chi connectivity index (χ1n) is 6.27. The summed E-state index contributed by atoms with van der Waals surface area (Å²) in [6, 6.07) is 9.44. The summed E-state index contributed by atoms with van der Waals surface area (Å²) in [4.78, 5) is 11.4. The Morgan fingerprint density at radius 1 is 1.45 bits per heavy atom. The molecule has 0 bridgehead atoms. The minimum Gasteiger partial charge on any atom is -0.500 e. The molecule has 4 heteroatoms. The molecule has 1 aliphatic rings. The third-order valence-corrected chi connectivity index (χ3v) is 3.69. The fraction of sp³-hybridized carbons (Fsp3) is 0.250. The molecule has 0 aromatic heterocycles. The van der Waals surface area contributed by atoms with Crippen LogP contribution in [-0.2, 0) is 14.9 Å². The van der Waals surface area contributed by atoms with E-state index in [-0.39, 0.29) is 0 Å². The Balaban J connectivity index is 2.52. The summed E-state index contributed by atoms with van der Waals surface area (Å²) < 4.78 is 5.44. The summed E-state index contributed by atoms with van der Waals surface area (Å²) in [6.45, 7) is 1.98. The van der Waals surface area contributed by atoms with Crippen LogP contribution in [-0.4, -0.2) is 13.0 Å². The molecule has 1 amide bonds. The second-order valence-electron chi connectivity index (χ2n) is 4.99. The maximum Gasteiger partial charge on any atom is 0.244 e. The van der Waals surface area contributed by atoms with Gasteiger partial charge in [-0.1, -0.05) is 18.2 Å². The summed E-state index contributed by atoms with van der Waals surface area (Å²) in [6.07, 6.45) is 3.91. The maximum absolute atomic E-state index is 11.4. The first-order chi connectivity index (χ1) is 9.51. The average Bonchev–Trinajstić information content (AvgIpc) is 2.47. The number of methoxy groups -OCH3 is 1. The number of hydrogen-bond acceptors (Lipinski definition) is 3. The standard InChI is InChI=1S/C16H16N2O2/c1-16(13-5-3-4-11(8-13)10-17)9-12(15(18)19)6-7-14(16)20-2/h3-8H,9H2,1-2H3,(H2,18,19). The lowest BCUT2D eigenvalue weighted by molar-refractivity contribution is -0.114. The van der Waals surface area contributed by atoms with Crippen molar-refractivity contribution in [3.8, 4) is 6.07 Å². The van der Waals surface area contributed by atoms with Gasteiger partial charge in [0.1, 0.15) is 5.76 Å². The Hall–Kier alpha value is -2.54. The Kier molecular flexibility index (Phi) is 3.62. The zero-order chi connectivity index (χ0) is 14.8. The predicted molar refractivity (Wildman–Crippen MR) is 75.5 cm³/mol. The van der Waals surface area contributed by atoms with Gasteiger partial charge in [-0.15, -0.1) is 0 Å². The molecular weight excluding hydrogens is 252 g/mol. The van der Waals surface area contributed by atoms with E-state index in [9.17, 15) is 4.79 Å². The Morgan fingerprint density at radius 2 is 2.20 bits per heavy atom. The van der Waals surface area contributed by atoms with Crippen LogP contribution in [0.25, 0.3) is 0 Å². The normalized spacial score (nSPS) is 21.4. The van der Waals surface area contributed by atoms with Crippen molar-refractivity contribution in [2.24, 2.45) is 5.73 Å². The highest BCUT2D eigenvalue weighted by Crippen LogP contribution is 2.41. The number of nitrogens with two attached hydrogens (primary N) is 1. The molecule has 20 heavy (non-hydrogen) atoms. The van der Waals surface area contributed by atoms with Gasteiger partial charge in [-0.25, -0.2) is 0 Å². The van der Waals surface area contributed by atoms with E-state index in [2.05, 4.69) is 6.07 Å². The molecule has 1 unspecified atom stereocenters. The van der Waals surface area contributed by atoms with E-state index in [0.717, 1.165) is 11.3 Å². The highest BCUT2D eigenvalue weighted by Gasteiger charge is 2.36. The summed E-state index contributed by atoms with van der Waals surface area (Å²) in [7, 11) is 1.60. The number of hydrogen-bond donors (Lipinski definition) is 1. The second kappa shape index (κ2) is 5.22. The van der Waals surface area contributed by atoms with Gasteiger partial charge in [-0.3, -0.25) is 4.79 Å². The lowest BCUT2D eigenvalue weighted by atomic mass is 9.72. The first kappa shape index (κ1) is 13.9. The summed E-state index contributed by atoms with van der Waals surface area (Å²) in [5.41, 5.74) is 6.94. The van der Waals surface area contributed by atoms with Gasteiger partial charge >= 0.3 is 0 Å². The van der Waals surface area contributed by atoms with Crippen molar-refractivity contribution in [3.05, 3.63) is 58.9 Å². The topological polar surface area (TPSA) is 76.1 Å². The number of rotatable bonds is 3. The van der Waals surface area contributed by atoms with Crippen LogP contribution in [0, 0.1) is 11.3 Å². The van der Waals surface area contributed by atoms with Crippen molar-refractivity contribution in [1.29, 1.82) is 5.26 Å². The van der Waals surface area contributed by atoms with E-state index < -0.39 is 11.3 Å². The molecule has 0 radical (unpaired) electrons. The quantitative estimate of drug-likeness (QED) is 0.912. The SMILES string of the molecule is COC1=CC=C(C(N)=O)CC1(C)c1cccc(C#N)c1. The molecule has 4 nitrogen and oxygen atoms in total. The van der Waals surface area contributed by atoms with Crippen molar-refractivity contribution >= 4 is 5.91 Å². The van der Waals surface area contributed by atoms with Crippen molar-refractivity contribution in [1.82, 2.24) is 0 Å². The molecule has 1 aromatic carbocycles. The lowest BCUT2D eigenvalue weighted by Gasteiger charge is -2.34. The lowest BCUT2D eigenvalue weighted by Crippen LogP contribution is -2.31. The molecule has 0 saturated carbocycles. The summed E-state index contributed by atoms with van der Waals surface area (Å²) in [5, 5.41) is 9.03. The van der Waals surface area contributed by atoms with Crippen LogP contribution in [0.5, 0.6) is 0 Å². The Labute approximate surface area is 118 Å². The van der Waals surface area contributed by atoms with Gasteiger partial charge in [0.15, 0.2) is 0 Å². The van der Waals surface area contributed by atoms with Crippen LogP contribution in [0.15, 0.2) is 47.7 Å². The number of benzene rings is 1. The zero-order valence-electron chi connectivity index (χ0n) is 11.5. The zero-order valence-corrected chi connectivity index (χ0v) is 11.5. The van der Waals surface area contributed by atoms with Crippen molar-refractivity contribution in [2.75, 3.05) is 7.11 Å². The van der Waals surface area contributed by atoms with E-state index >= 15 is 0 Å². The van der Waals surface area contributed by atoms with E-state index in [4.69, 9.17) is 15.7 Å². The molecule has 102 valence electrons. The maximum atomic E-state index is 11.4. The monoisotopic (exact) mass is 268 g/mol. The van der Waals surface area contributed by atoms with Gasteiger partial charge in [0.2, 0.25) is 5.91 Å². The molecule has 1 atom stereocenters. The molecule has 1 aromatic rings. The van der Waals surface area contributed by atoms with Crippen LogP contribution in [0.4, 0.5) is 0 Å². The van der Waals surface area contributed by atoms with E-state index in [1.54, 1.807) is 25.3 Å². The van der Waals surface area contributed by atoms with Crippen LogP contribution in [0.3, 0.4) is 0 Å². The van der Waals surface area contributed by atoms with Gasteiger partial charge in [-0.05, 0) is 37.1 Å². The molecule has 2 N–H and O–H groups in total. The number of nitriles is 1. The van der Waals surface area contributed by atoms with Crippen molar-refractivity contribution in [2.45, 2.75) is 18.8 Å². The largest absolute Gasteiger partial charge is 0.500 e. The van der Waals surface area contributed by atoms with Crippen LogP contribution in [0.2, 0.25) is 0 Å².